The second kappa shape index (κ2) is 4.87. The van der Waals surface area contributed by atoms with E-state index in [2.05, 4.69) is 15.9 Å². The average molecular weight is 298 g/mol. The van der Waals surface area contributed by atoms with E-state index in [0.29, 0.717) is 30.4 Å². The Morgan fingerprint density at radius 3 is 2.76 bits per heavy atom. The molecule has 0 spiro atoms. The molecule has 1 aromatic rings. The summed E-state index contributed by atoms with van der Waals surface area (Å²) in [5.41, 5.74) is 2.75. The van der Waals surface area contributed by atoms with Gasteiger partial charge in [0.15, 0.2) is 5.78 Å². The third-order valence-electron chi connectivity index (χ3n) is 2.93. The number of hydrogen-bond acceptors (Lipinski definition) is 2. The molecular weight excluding hydrogens is 286 g/mol. The Morgan fingerprint density at radius 2 is 2.12 bits per heavy atom. The second-order valence-corrected chi connectivity index (χ2v) is 4.56. The molecule has 90 valence electrons. The number of fused-ring (bicyclic) bond motifs is 1. The van der Waals surface area contributed by atoms with Crippen LogP contribution < -0.4 is 0 Å². The van der Waals surface area contributed by atoms with E-state index in [0.717, 1.165) is 11.1 Å². The lowest BCUT2D eigenvalue weighted by Gasteiger charge is -2.26. The minimum absolute atomic E-state index is 0.0495. The zero-order valence-electron chi connectivity index (χ0n) is 9.15. The third kappa shape index (κ3) is 2.49. The molecule has 1 aromatic carbocycles. The van der Waals surface area contributed by atoms with Gasteiger partial charge in [-0.25, -0.2) is 4.79 Å². The molecule has 0 aliphatic carbocycles. The minimum Gasteiger partial charge on any atom is -0.465 e. The lowest BCUT2D eigenvalue weighted by atomic mass is 9.96. The average Bonchev–Trinajstić information content (AvgIpc) is 2.36. The van der Waals surface area contributed by atoms with Crippen molar-refractivity contribution in [2.24, 2.45) is 0 Å². The Hall–Kier alpha value is -1.36. The topological polar surface area (TPSA) is 57.6 Å². The summed E-state index contributed by atoms with van der Waals surface area (Å²) in [7, 11) is 0. The van der Waals surface area contributed by atoms with Crippen LogP contribution in [-0.2, 0) is 13.0 Å². The Morgan fingerprint density at radius 1 is 1.35 bits per heavy atom. The summed E-state index contributed by atoms with van der Waals surface area (Å²) in [4.78, 5) is 23.8. The van der Waals surface area contributed by atoms with Gasteiger partial charge in [0.05, 0.1) is 5.33 Å². The Balaban J connectivity index is 2.25. The van der Waals surface area contributed by atoms with E-state index in [1.807, 2.05) is 12.1 Å². The summed E-state index contributed by atoms with van der Waals surface area (Å²) < 4.78 is 0. The number of rotatable bonds is 2. The van der Waals surface area contributed by atoms with E-state index in [9.17, 15) is 9.59 Å². The number of hydrogen-bond donors (Lipinski definition) is 1. The number of ketones is 1. The van der Waals surface area contributed by atoms with Gasteiger partial charge in [0, 0.05) is 18.7 Å². The molecule has 1 amide bonds. The van der Waals surface area contributed by atoms with Crippen LogP contribution in [0.5, 0.6) is 0 Å². The molecule has 0 unspecified atom stereocenters. The molecule has 1 heterocycles. The van der Waals surface area contributed by atoms with Crippen LogP contribution in [0.1, 0.15) is 21.5 Å². The molecule has 1 N–H and O–H groups in total. The molecule has 0 atom stereocenters. The summed E-state index contributed by atoms with van der Waals surface area (Å²) in [6, 6.07) is 5.48. The number of amides is 1. The molecule has 0 aromatic heterocycles. The number of benzene rings is 1. The van der Waals surface area contributed by atoms with Gasteiger partial charge in [0.25, 0.3) is 0 Å². The normalized spacial score (nSPS) is 14.3. The first-order valence-electron chi connectivity index (χ1n) is 5.30. The molecular formula is C12H12BrNO3. The van der Waals surface area contributed by atoms with Crippen molar-refractivity contribution in [2.75, 3.05) is 11.9 Å². The van der Waals surface area contributed by atoms with Gasteiger partial charge >= 0.3 is 6.09 Å². The van der Waals surface area contributed by atoms with Crippen molar-refractivity contribution in [3.8, 4) is 0 Å². The fourth-order valence-electron chi connectivity index (χ4n) is 1.97. The molecule has 0 bridgehead atoms. The molecule has 0 saturated heterocycles. The summed E-state index contributed by atoms with van der Waals surface area (Å²) in [5, 5.41) is 9.22. The summed E-state index contributed by atoms with van der Waals surface area (Å²) in [5.74, 6) is 0.0495. The maximum absolute atomic E-state index is 11.5. The summed E-state index contributed by atoms with van der Waals surface area (Å²) in [6.07, 6.45) is -0.221. The van der Waals surface area contributed by atoms with Crippen LogP contribution in [0.2, 0.25) is 0 Å². The van der Waals surface area contributed by atoms with Crippen LogP contribution in [0.25, 0.3) is 0 Å². The molecule has 4 nitrogen and oxygen atoms in total. The maximum Gasteiger partial charge on any atom is 0.407 e. The van der Waals surface area contributed by atoms with E-state index in [4.69, 9.17) is 5.11 Å². The molecule has 0 fully saturated rings. The third-order valence-corrected chi connectivity index (χ3v) is 3.44. The van der Waals surface area contributed by atoms with Gasteiger partial charge in [-0.2, -0.15) is 0 Å². The quantitative estimate of drug-likeness (QED) is 0.673. The van der Waals surface area contributed by atoms with Crippen molar-refractivity contribution in [1.82, 2.24) is 4.90 Å². The van der Waals surface area contributed by atoms with Gasteiger partial charge in [0.2, 0.25) is 0 Å². The first-order chi connectivity index (χ1) is 8.11. The standard InChI is InChI=1S/C12H12BrNO3/c13-6-11(15)9-1-2-10-7-14(12(16)17)4-3-8(10)5-9/h1-2,5H,3-4,6-7H2,(H,16,17). The number of halogens is 1. The summed E-state index contributed by atoms with van der Waals surface area (Å²) >= 11 is 3.14. The second-order valence-electron chi connectivity index (χ2n) is 3.99. The highest BCUT2D eigenvalue weighted by atomic mass is 79.9. The smallest absolute Gasteiger partial charge is 0.407 e. The number of carboxylic acid groups (broad SMARTS) is 1. The van der Waals surface area contributed by atoms with Crippen LogP contribution in [0.15, 0.2) is 18.2 Å². The highest BCUT2D eigenvalue weighted by Gasteiger charge is 2.20. The van der Waals surface area contributed by atoms with Gasteiger partial charge in [-0.05, 0) is 23.6 Å². The van der Waals surface area contributed by atoms with Crippen LogP contribution in [0, 0.1) is 0 Å². The largest absolute Gasteiger partial charge is 0.465 e. The Labute approximate surface area is 107 Å². The van der Waals surface area contributed by atoms with Gasteiger partial charge in [-0.1, -0.05) is 28.1 Å². The van der Waals surface area contributed by atoms with Gasteiger partial charge in [-0.3, -0.25) is 4.79 Å². The van der Waals surface area contributed by atoms with E-state index in [1.54, 1.807) is 6.07 Å². The van der Waals surface area contributed by atoms with Crippen molar-refractivity contribution >= 4 is 27.8 Å². The van der Waals surface area contributed by atoms with Crippen LogP contribution >= 0.6 is 15.9 Å². The predicted molar refractivity (Wildman–Crippen MR) is 66.7 cm³/mol. The van der Waals surface area contributed by atoms with Crippen LogP contribution in [0.4, 0.5) is 4.79 Å². The zero-order chi connectivity index (χ0) is 12.4. The maximum atomic E-state index is 11.5. The molecule has 2 rings (SSSR count). The lowest BCUT2D eigenvalue weighted by Crippen LogP contribution is -2.34. The number of Topliss-reactive ketones (excluding diaryl/α,β-unsaturated/α-hetero) is 1. The van der Waals surface area contributed by atoms with Crippen molar-refractivity contribution in [3.05, 3.63) is 34.9 Å². The van der Waals surface area contributed by atoms with Crippen molar-refractivity contribution < 1.29 is 14.7 Å². The van der Waals surface area contributed by atoms with Crippen molar-refractivity contribution in [3.63, 3.8) is 0 Å². The Bertz CT molecular complexity index is 473. The molecule has 1 aliphatic rings. The first-order valence-corrected chi connectivity index (χ1v) is 6.43. The van der Waals surface area contributed by atoms with Crippen LogP contribution in [0.3, 0.4) is 0 Å². The number of carbonyl (C=O) groups excluding carboxylic acids is 1. The highest BCUT2D eigenvalue weighted by molar-refractivity contribution is 9.09. The van der Waals surface area contributed by atoms with Crippen LogP contribution in [-0.4, -0.2) is 33.8 Å². The Kier molecular flexibility index (Phi) is 3.47. The SMILES string of the molecule is O=C(CBr)c1ccc2c(c1)CCN(C(=O)O)C2. The van der Waals surface area contributed by atoms with Gasteiger partial charge in [-0.15, -0.1) is 0 Å². The van der Waals surface area contributed by atoms with Gasteiger partial charge < -0.3 is 10.0 Å². The lowest BCUT2D eigenvalue weighted by molar-refractivity contribution is 0.102. The fourth-order valence-corrected chi connectivity index (χ4v) is 2.29. The highest BCUT2D eigenvalue weighted by Crippen LogP contribution is 2.21. The van der Waals surface area contributed by atoms with Gasteiger partial charge in [0.1, 0.15) is 0 Å². The van der Waals surface area contributed by atoms with Crippen molar-refractivity contribution in [2.45, 2.75) is 13.0 Å². The van der Waals surface area contributed by atoms with E-state index < -0.39 is 6.09 Å². The van der Waals surface area contributed by atoms with E-state index in [1.165, 1.54) is 4.90 Å². The van der Waals surface area contributed by atoms with Crippen molar-refractivity contribution in [1.29, 1.82) is 0 Å². The predicted octanol–water partition coefficient (Wildman–Crippen LogP) is 2.30. The number of carbonyl (C=O) groups is 2. The zero-order valence-corrected chi connectivity index (χ0v) is 10.7. The molecule has 0 radical (unpaired) electrons. The minimum atomic E-state index is -0.892. The van der Waals surface area contributed by atoms with E-state index >= 15 is 0 Å². The summed E-state index contributed by atoms with van der Waals surface area (Å²) in [6.45, 7) is 0.905. The molecule has 17 heavy (non-hydrogen) atoms. The first kappa shape index (κ1) is 12.1. The molecule has 5 heteroatoms. The number of alkyl halides is 1. The number of nitrogens with zero attached hydrogens (tertiary/aromatic N) is 1. The van der Waals surface area contributed by atoms with E-state index in [-0.39, 0.29) is 5.78 Å². The monoisotopic (exact) mass is 297 g/mol. The molecule has 0 saturated carbocycles. The fraction of sp³-hybridized carbons (Fsp3) is 0.333. The molecule has 1 aliphatic heterocycles.